The van der Waals surface area contributed by atoms with E-state index in [2.05, 4.69) is 15.6 Å². The molecule has 3 heterocycles. The van der Waals surface area contributed by atoms with E-state index in [9.17, 15) is 38.8 Å². The summed E-state index contributed by atoms with van der Waals surface area (Å²) < 4.78 is 25.4. The summed E-state index contributed by atoms with van der Waals surface area (Å²) in [6.07, 6.45) is -1.02. The minimum Gasteiger partial charge on any atom is -0.534 e. The average Bonchev–Trinajstić information content (AvgIpc) is 2.93. The number of aliphatic hydroxyl groups excluding tert-OH is 1. The number of carbonyl (C=O) groups excluding carboxylic acids is 4. The Kier molecular flexibility index (Phi) is 9.05. The Bertz CT molecular complexity index is 1350. The van der Waals surface area contributed by atoms with Crippen LogP contribution in [-0.2, 0) is 25.5 Å². The van der Waals surface area contributed by atoms with E-state index in [4.69, 9.17) is 9.39 Å². The van der Waals surface area contributed by atoms with Crippen LogP contribution in [-0.4, -0.2) is 99.4 Å². The lowest BCUT2D eigenvalue weighted by Gasteiger charge is -2.37. The molecule has 1 fully saturated rings. The van der Waals surface area contributed by atoms with E-state index in [0.29, 0.717) is 11.6 Å². The third kappa shape index (κ3) is 6.24. The molecule has 218 valence electrons. The number of benzene rings is 1. The van der Waals surface area contributed by atoms with E-state index in [1.54, 1.807) is 26.0 Å². The summed E-state index contributed by atoms with van der Waals surface area (Å²) in [6, 6.07) is 3.63. The van der Waals surface area contributed by atoms with E-state index >= 15 is 0 Å². The quantitative estimate of drug-likeness (QED) is 0.105. The van der Waals surface area contributed by atoms with Gasteiger partial charge in [0, 0.05) is 25.7 Å². The monoisotopic (exact) mass is 573 g/mol. The molecule has 14 nitrogen and oxygen atoms in total. The van der Waals surface area contributed by atoms with Crippen molar-refractivity contribution in [3.8, 4) is 11.5 Å². The van der Waals surface area contributed by atoms with Crippen molar-refractivity contribution in [3.63, 3.8) is 0 Å². The van der Waals surface area contributed by atoms with E-state index < -0.39 is 66.4 Å². The van der Waals surface area contributed by atoms with Gasteiger partial charge in [-0.1, -0.05) is 12.1 Å². The number of nitrogens with zero attached hydrogens (tertiary/aromatic N) is 3. The molecule has 3 amide bonds. The Hall–Kier alpha value is -4.28. The third-order valence-corrected chi connectivity index (χ3v) is 6.67. The van der Waals surface area contributed by atoms with Crippen molar-refractivity contribution < 1.29 is 48.2 Å². The van der Waals surface area contributed by atoms with Crippen molar-refractivity contribution in [2.24, 2.45) is 0 Å². The summed E-state index contributed by atoms with van der Waals surface area (Å²) in [7, 11) is -1.63. The molecule has 3 atom stereocenters. The Morgan fingerprint density at radius 1 is 1.27 bits per heavy atom. The van der Waals surface area contributed by atoms with Gasteiger partial charge in [0.25, 0.3) is 0 Å². The number of ether oxygens (including phenoxy) is 1. The van der Waals surface area contributed by atoms with Crippen molar-refractivity contribution in [2.45, 2.75) is 38.6 Å². The first-order valence-corrected chi connectivity index (χ1v) is 12.9. The first-order chi connectivity index (χ1) is 19.5. The third-order valence-electron chi connectivity index (χ3n) is 6.67. The number of esters is 1. The first-order valence-electron chi connectivity index (χ1n) is 12.9. The molecule has 0 aliphatic carbocycles. The second kappa shape index (κ2) is 12.5. The van der Waals surface area contributed by atoms with Crippen molar-refractivity contribution in [3.05, 3.63) is 53.1 Å². The van der Waals surface area contributed by atoms with E-state index in [-0.39, 0.29) is 44.0 Å². The number of hydrogen-bond donors (Lipinski definition) is 5. The van der Waals surface area contributed by atoms with E-state index in [0.717, 1.165) is 11.1 Å². The van der Waals surface area contributed by atoms with Crippen molar-refractivity contribution in [1.29, 1.82) is 0 Å². The van der Waals surface area contributed by atoms with Crippen LogP contribution < -0.4 is 15.3 Å². The minimum absolute atomic E-state index is 0.00219. The number of aliphatic hydroxyl groups is 1. The van der Waals surface area contributed by atoms with Crippen LogP contribution in [0.2, 0.25) is 0 Å². The van der Waals surface area contributed by atoms with Crippen LogP contribution in [0.3, 0.4) is 0 Å². The lowest BCUT2D eigenvalue weighted by Crippen LogP contribution is -2.62. The highest BCUT2D eigenvalue weighted by atomic mass is 19.1. The largest absolute Gasteiger partial charge is 0.547 e. The normalized spacial score (nSPS) is 18.4. The number of fused-ring (bicyclic) bond motifs is 1. The molecule has 1 saturated heterocycles. The highest BCUT2D eigenvalue weighted by Crippen LogP contribution is 2.31. The zero-order valence-electron chi connectivity index (χ0n) is 22.2. The molecule has 16 heteroatoms. The maximum atomic E-state index is 14.8. The second-order valence-corrected chi connectivity index (χ2v) is 9.26. The molecule has 2 unspecified atom stereocenters. The number of hydrogen-bond acceptors (Lipinski definition) is 11. The maximum Gasteiger partial charge on any atom is 0.547 e. The molecule has 0 bridgehead atoms. The van der Waals surface area contributed by atoms with Crippen LogP contribution >= 0.6 is 0 Å². The number of carbonyl (C=O) groups is 4. The maximum absolute atomic E-state index is 14.8. The lowest BCUT2D eigenvalue weighted by molar-refractivity contribution is -0.166. The van der Waals surface area contributed by atoms with Crippen LogP contribution in [0.4, 0.5) is 4.39 Å². The Morgan fingerprint density at radius 2 is 2.02 bits per heavy atom. The molecule has 41 heavy (non-hydrogen) atoms. The van der Waals surface area contributed by atoms with Gasteiger partial charge in [-0.05, 0) is 31.9 Å². The molecule has 4 rings (SSSR count). The number of amides is 3. The zero-order chi connectivity index (χ0) is 29.8. The predicted octanol–water partition coefficient (Wildman–Crippen LogP) is -1.16. The Labute approximate surface area is 234 Å². The number of halogens is 1. The van der Waals surface area contributed by atoms with E-state index in [1.807, 2.05) is 0 Å². The fraction of sp³-hybridized carbons (Fsp3) is 0.400. The van der Waals surface area contributed by atoms with Gasteiger partial charge in [0.05, 0.1) is 18.7 Å². The number of piperazine rings is 1. The number of rotatable bonds is 9. The van der Waals surface area contributed by atoms with Gasteiger partial charge < -0.3 is 34.8 Å². The summed E-state index contributed by atoms with van der Waals surface area (Å²) in [5.74, 6) is -6.14. The summed E-state index contributed by atoms with van der Waals surface area (Å²) in [5, 5.41) is 36.0. The van der Waals surface area contributed by atoms with Gasteiger partial charge in [-0.2, -0.15) is 0 Å². The first kappa shape index (κ1) is 29.7. The van der Waals surface area contributed by atoms with Gasteiger partial charge in [0.15, 0.2) is 12.2 Å². The molecule has 0 radical (unpaired) electrons. The number of aromatic nitrogens is 1. The zero-order valence-corrected chi connectivity index (χ0v) is 22.2. The van der Waals surface area contributed by atoms with Crippen LogP contribution in [0, 0.1) is 5.82 Å². The van der Waals surface area contributed by atoms with Gasteiger partial charge >= 0.3 is 24.9 Å². The smallest absolute Gasteiger partial charge is 0.534 e. The molecule has 2 aliphatic rings. The number of para-hydroxylation sites is 1. The van der Waals surface area contributed by atoms with Gasteiger partial charge in [-0.25, -0.2) is 9.18 Å². The van der Waals surface area contributed by atoms with Crippen molar-refractivity contribution in [2.75, 3.05) is 26.2 Å². The van der Waals surface area contributed by atoms with Crippen LogP contribution in [0.1, 0.15) is 41.5 Å². The summed E-state index contributed by atoms with van der Waals surface area (Å²) in [6.45, 7) is 3.80. The molecule has 0 spiro atoms. The fourth-order valence-electron chi connectivity index (χ4n) is 4.58. The van der Waals surface area contributed by atoms with Crippen LogP contribution in [0.5, 0.6) is 11.5 Å². The lowest BCUT2D eigenvalue weighted by atomic mass is 9.72. The Morgan fingerprint density at radius 3 is 2.71 bits per heavy atom. The number of pyridine rings is 1. The minimum atomic E-state index is -1.91. The highest BCUT2D eigenvalue weighted by Gasteiger charge is 2.41. The molecular weight excluding hydrogens is 544 g/mol. The van der Waals surface area contributed by atoms with Crippen LogP contribution in [0.25, 0.3) is 0 Å². The SMILES string of the molecule is CCOC(=O)c1cccc2c1OB(O)[C@@H](NC(=O)C(NC(O)N1CCN(CC)C(=O)C1=O)c1ncc(O)cc1F)C2. The molecule has 0 saturated carbocycles. The van der Waals surface area contributed by atoms with E-state index in [1.165, 1.54) is 11.0 Å². The van der Waals surface area contributed by atoms with Gasteiger partial charge in [0.1, 0.15) is 28.8 Å². The topological polar surface area (TPSA) is 191 Å². The van der Waals surface area contributed by atoms with Gasteiger partial charge in [-0.3, -0.25) is 29.6 Å². The average molecular weight is 573 g/mol. The van der Waals surface area contributed by atoms with Gasteiger partial charge in [-0.15, -0.1) is 0 Å². The summed E-state index contributed by atoms with van der Waals surface area (Å²) in [4.78, 5) is 56.5. The number of nitrogens with one attached hydrogen (secondary N) is 2. The molecule has 2 aliphatic heterocycles. The molecule has 5 N–H and O–H groups in total. The molecular formula is C25H29BFN5O9. The Balaban J connectivity index is 1.57. The van der Waals surface area contributed by atoms with Crippen molar-refractivity contribution >= 4 is 30.8 Å². The van der Waals surface area contributed by atoms with Crippen LogP contribution in [0.15, 0.2) is 30.5 Å². The standard InChI is InChI=1S/C25H29BFN5O9/c1-3-31-8-9-32(23(36)22(31)35)25(38)30-19(18-16(27)11-14(33)12-28-18)21(34)29-17-10-13-6-5-7-15(24(37)40-4-2)20(13)41-26(17)39/h5-7,11-12,17,19,25,30,33,38-39H,3-4,8-10H2,1-2H3,(H,29,34)/t17-,19?,25?/m0/s1. The molecule has 1 aromatic carbocycles. The van der Waals surface area contributed by atoms with Gasteiger partial charge in [0.2, 0.25) is 5.91 Å². The summed E-state index contributed by atoms with van der Waals surface area (Å²) in [5.41, 5.74) is 0.0256. The fourth-order valence-corrected chi connectivity index (χ4v) is 4.58. The summed E-state index contributed by atoms with van der Waals surface area (Å²) >= 11 is 0. The number of likely N-dealkylation sites (N-methyl/N-ethyl adjacent to an activating group) is 1. The highest BCUT2D eigenvalue weighted by molar-refractivity contribution is 6.47. The predicted molar refractivity (Wildman–Crippen MR) is 138 cm³/mol. The van der Waals surface area contributed by atoms with Crippen molar-refractivity contribution in [1.82, 2.24) is 25.4 Å². The number of aromatic hydroxyl groups is 1. The second-order valence-electron chi connectivity index (χ2n) is 9.26. The molecule has 1 aromatic heterocycles. The molecule has 2 aromatic rings.